The molecule has 0 radical (unpaired) electrons. The Labute approximate surface area is 148 Å². The first kappa shape index (κ1) is 17.8. The minimum Gasteiger partial charge on any atom is -0.360 e. The fourth-order valence-electron chi connectivity index (χ4n) is 2.70. The molecule has 0 unspecified atom stereocenters. The molecule has 3 aromatic rings. The second-order valence-corrected chi connectivity index (χ2v) is 7.65. The smallest absolute Gasteiger partial charge is 0.181 e. The van der Waals surface area contributed by atoms with Crippen LogP contribution in [-0.2, 0) is 9.84 Å². The zero-order valence-corrected chi connectivity index (χ0v) is 14.6. The molecule has 0 amide bonds. The summed E-state index contributed by atoms with van der Waals surface area (Å²) in [6.07, 6.45) is 0.734. The van der Waals surface area contributed by atoms with Crippen molar-refractivity contribution in [1.82, 2.24) is 5.16 Å². The summed E-state index contributed by atoms with van der Waals surface area (Å²) in [6, 6.07) is 10.4. The Hall–Kier alpha value is -3.05. The molecule has 5 nitrogen and oxygen atoms in total. The van der Waals surface area contributed by atoms with Crippen molar-refractivity contribution in [1.29, 1.82) is 5.26 Å². The molecule has 26 heavy (non-hydrogen) atoms. The zero-order valence-electron chi connectivity index (χ0n) is 13.7. The maximum Gasteiger partial charge on any atom is 0.181 e. The van der Waals surface area contributed by atoms with Crippen LogP contribution in [0.2, 0.25) is 0 Å². The molecule has 0 aliphatic carbocycles. The lowest BCUT2D eigenvalue weighted by molar-refractivity contribution is 0.400. The molecule has 0 saturated heterocycles. The predicted octanol–water partition coefficient (Wildman–Crippen LogP) is 3.87. The van der Waals surface area contributed by atoms with Gasteiger partial charge in [-0.05, 0) is 36.8 Å². The van der Waals surface area contributed by atoms with Gasteiger partial charge in [-0.25, -0.2) is 17.2 Å². The first-order valence-electron chi connectivity index (χ1n) is 7.38. The van der Waals surface area contributed by atoms with Crippen LogP contribution in [-0.4, -0.2) is 19.8 Å². The number of aromatic nitrogens is 1. The molecule has 0 bridgehead atoms. The van der Waals surface area contributed by atoms with Crippen molar-refractivity contribution in [3.8, 4) is 28.5 Å². The highest BCUT2D eigenvalue weighted by molar-refractivity contribution is 7.90. The normalized spacial score (nSPS) is 11.3. The Morgan fingerprint density at radius 2 is 1.77 bits per heavy atom. The topological polar surface area (TPSA) is 84.0 Å². The number of aryl methyl sites for hydroxylation is 1. The Bertz CT molecular complexity index is 1140. The second-order valence-electron chi connectivity index (χ2n) is 5.70. The molecule has 0 atom stereocenters. The van der Waals surface area contributed by atoms with E-state index in [1.54, 1.807) is 31.2 Å². The van der Waals surface area contributed by atoms with Gasteiger partial charge in [0.2, 0.25) is 0 Å². The van der Waals surface area contributed by atoms with Gasteiger partial charge >= 0.3 is 0 Å². The minimum absolute atomic E-state index is 0.0866. The molecule has 0 spiro atoms. The molecule has 8 heteroatoms. The maximum absolute atomic E-state index is 14.3. The van der Waals surface area contributed by atoms with Gasteiger partial charge in [0.1, 0.15) is 28.0 Å². The van der Waals surface area contributed by atoms with Crippen molar-refractivity contribution in [2.75, 3.05) is 6.26 Å². The van der Waals surface area contributed by atoms with Crippen LogP contribution < -0.4 is 0 Å². The largest absolute Gasteiger partial charge is 0.360 e. The quantitative estimate of drug-likeness (QED) is 0.695. The average Bonchev–Trinajstić information content (AvgIpc) is 2.94. The van der Waals surface area contributed by atoms with Gasteiger partial charge in [0.05, 0.1) is 17.2 Å². The van der Waals surface area contributed by atoms with Crippen LogP contribution in [0.5, 0.6) is 0 Å². The van der Waals surface area contributed by atoms with Crippen molar-refractivity contribution >= 4 is 9.84 Å². The van der Waals surface area contributed by atoms with Gasteiger partial charge in [-0.2, -0.15) is 5.26 Å². The maximum atomic E-state index is 14.3. The van der Waals surface area contributed by atoms with Crippen LogP contribution in [0.25, 0.3) is 22.4 Å². The molecule has 1 aromatic heterocycles. The van der Waals surface area contributed by atoms with E-state index in [9.17, 15) is 17.2 Å². The van der Waals surface area contributed by atoms with Gasteiger partial charge in [-0.3, -0.25) is 0 Å². The number of rotatable bonds is 3. The average molecular weight is 374 g/mol. The van der Waals surface area contributed by atoms with E-state index in [1.807, 2.05) is 6.07 Å². The second kappa shape index (κ2) is 6.35. The van der Waals surface area contributed by atoms with Crippen molar-refractivity contribution in [3.63, 3.8) is 0 Å². The lowest BCUT2D eigenvalue weighted by Gasteiger charge is -2.08. The Morgan fingerprint density at radius 3 is 2.35 bits per heavy atom. The third kappa shape index (κ3) is 3.09. The highest BCUT2D eigenvalue weighted by atomic mass is 32.2. The number of nitriles is 1. The molecule has 0 saturated carbocycles. The minimum atomic E-state index is -4.06. The molecule has 0 fully saturated rings. The van der Waals surface area contributed by atoms with E-state index < -0.39 is 26.4 Å². The molecular weight excluding hydrogens is 362 g/mol. The summed E-state index contributed by atoms with van der Waals surface area (Å²) >= 11 is 0. The summed E-state index contributed by atoms with van der Waals surface area (Å²) in [5.41, 5.74) is 1.62. The third-order valence-corrected chi connectivity index (χ3v) is 4.92. The lowest BCUT2D eigenvalue weighted by atomic mass is 9.98. The molecular formula is C18H12F2N2O3S. The van der Waals surface area contributed by atoms with E-state index in [2.05, 4.69) is 5.16 Å². The highest BCUT2D eigenvalue weighted by Crippen LogP contribution is 2.36. The summed E-state index contributed by atoms with van der Waals surface area (Å²) in [5.74, 6) is -2.09. The number of hydrogen-bond acceptors (Lipinski definition) is 5. The number of sulfone groups is 1. The van der Waals surface area contributed by atoms with Gasteiger partial charge in [0.15, 0.2) is 9.84 Å². The van der Waals surface area contributed by atoms with Crippen molar-refractivity contribution in [2.24, 2.45) is 0 Å². The highest BCUT2D eigenvalue weighted by Gasteiger charge is 2.24. The van der Waals surface area contributed by atoms with Gasteiger partial charge in [0, 0.05) is 11.8 Å². The molecule has 1 heterocycles. The Balaban J connectivity index is 2.24. The van der Waals surface area contributed by atoms with E-state index in [0.29, 0.717) is 28.1 Å². The molecule has 0 N–H and O–H groups in total. The summed E-state index contributed by atoms with van der Waals surface area (Å²) in [4.78, 5) is -0.983. The number of halogens is 2. The van der Waals surface area contributed by atoms with E-state index in [-0.39, 0.29) is 5.56 Å². The predicted molar refractivity (Wildman–Crippen MR) is 89.9 cm³/mol. The van der Waals surface area contributed by atoms with Crippen LogP contribution in [0.4, 0.5) is 8.78 Å². The Kier molecular flexibility index (Phi) is 4.34. The van der Waals surface area contributed by atoms with Crippen LogP contribution in [0.15, 0.2) is 45.8 Å². The van der Waals surface area contributed by atoms with E-state index in [0.717, 1.165) is 18.4 Å². The summed E-state index contributed by atoms with van der Waals surface area (Å²) in [7, 11) is -4.06. The molecule has 2 aromatic carbocycles. The Morgan fingerprint density at radius 1 is 1.12 bits per heavy atom. The fraction of sp³-hybridized carbons (Fsp3) is 0.111. The number of nitrogens with zero attached hydrogens (tertiary/aromatic N) is 2. The van der Waals surface area contributed by atoms with Gasteiger partial charge < -0.3 is 4.52 Å². The first-order chi connectivity index (χ1) is 12.2. The zero-order chi connectivity index (χ0) is 19.1. The lowest BCUT2D eigenvalue weighted by Crippen LogP contribution is -2.05. The van der Waals surface area contributed by atoms with Gasteiger partial charge in [0.25, 0.3) is 0 Å². The van der Waals surface area contributed by atoms with E-state index >= 15 is 0 Å². The van der Waals surface area contributed by atoms with E-state index in [1.165, 1.54) is 0 Å². The van der Waals surface area contributed by atoms with Gasteiger partial charge in [-0.15, -0.1) is 0 Å². The third-order valence-electron chi connectivity index (χ3n) is 3.79. The van der Waals surface area contributed by atoms with Gasteiger partial charge in [-0.1, -0.05) is 17.3 Å². The van der Waals surface area contributed by atoms with Crippen LogP contribution >= 0.6 is 0 Å². The van der Waals surface area contributed by atoms with E-state index in [4.69, 9.17) is 9.78 Å². The molecule has 0 aliphatic heterocycles. The van der Waals surface area contributed by atoms with Crippen LogP contribution in [0, 0.1) is 29.9 Å². The monoisotopic (exact) mass is 374 g/mol. The molecule has 3 rings (SSSR count). The fourth-order valence-corrected chi connectivity index (χ4v) is 3.53. The SMILES string of the molecule is Cc1onc(-c2cccc(C#N)c2)c1-c1cc(F)c(S(C)(=O)=O)c(F)c1. The summed E-state index contributed by atoms with van der Waals surface area (Å²) in [6.45, 7) is 1.57. The first-order valence-corrected chi connectivity index (χ1v) is 9.28. The summed E-state index contributed by atoms with van der Waals surface area (Å²) in [5, 5.41) is 13.0. The number of benzene rings is 2. The standard InChI is InChI=1S/C18H12F2N2O3S/c1-10-16(13-7-14(19)18(15(20)8-13)26(2,23)24)17(22-25-10)12-5-3-4-11(6-12)9-21/h3-8H,1-2H3. The van der Waals surface area contributed by atoms with Crippen molar-refractivity contribution in [2.45, 2.75) is 11.8 Å². The van der Waals surface area contributed by atoms with Crippen molar-refractivity contribution < 1.29 is 21.7 Å². The molecule has 132 valence electrons. The molecule has 0 aliphatic rings. The van der Waals surface area contributed by atoms with Crippen LogP contribution in [0.1, 0.15) is 11.3 Å². The number of hydrogen-bond donors (Lipinski definition) is 0. The van der Waals surface area contributed by atoms with Crippen molar-refractivity contribution in [3.05, 3.63) is 59.4 Å². The summed E-state index contributed by atoms with van der Waals surface area (Å²) < 4.78 is 56.8. The van der Waals surface area contributed by atoms with Crippen LogP contribution in [0.3, 0.4) is 0 Å².